The van der Waals surface area contributed by atoms with E-state index in [1.165, 1.54) is 11.1 Å². The monoisotopic (exact) mass is 399 g/mol. The summed E-state index contributed by atoms with van der Waals surface area (Å²) in [5, 5.41) is 2.84. The van der Waals surface area contributed by atoms with Crippen LogP contribution in [-0.2, 0) is 16.0 Å². The second kappa shape index (κ2) is 7.90. The molecule has 1 N–H and O–H groups in total. The molecule has 2 amide bonds. The maximum atomic E-state index is 12.7. The fourth-order valence-electron chi connectivity index (χ4n) is 4.79. The van der Waals surface area contributed by atoms with Crippen LogP contribution in [0.4, 0.5) is 5.82 Å². The van der Waals surface area contributed by atoms with Crippen molar-refractivity contribution in [2.45, 2.75) is 25.7 Å². The molecule has 2 aromatic rings. The molecule has 1 fully saturated rings. The third-order valence-corrected chi connectivity index (χ3v) is 6.36. The number of rotatable bonds is 3. The van der Waals surface area contributed by atoms with Crippen LogP contribution >= 0.6 is 0 Å². The molecule has 0 unspecified atom stereocenters. The van der Waals surface area contributed by atoms with Crippen LogP contribution in [0.2, 0.25) is 0 Å². The van der Waals surface area contributed by atoms with Gasteiger partial charge in [0.15, 0.2) is 0 Å². The van der Waals surface area contributed by atoms with Crippen LogP contribution in [0.5, 0.6) is 0 Å². The first-order valence-electron chi connectivity index (χ1n) is 10.7. The molecule has 5 heteroatoms. The van der Waals surface area contributed by atoms with E-state index in [9.17, 15) is 9.59 Å². The molecule has 1 aromatic heterocycles. The zero-order chi connectivity index (χ0) is 20.5. The van der Waals surface area contributed by atoms with Crippen molar-refractivity contribution in [1.29, 1.82) is 0 Å². The molecule has 0 saturated carbocycles. The Hall–Kier alpha value is -3.21. The highest BCUT2D eigenvalue weighted by Gasteiger charge is 2.37. The van der Waals surface area contributed by atoms with E-state index in [1.54, 1.807) is 12.3 Å². The standard InChI is InChI=1S/C25H25N3O2/c29-23-8-4-7-19-11-17(14-26-25(19)27-23)9-10-24(30)28-15-21-12-20(13-22(21)16-28)18-5-2-1-3-6-18/h1-3,5-6,9-12,14,21-22H,4,7-8,13,15-16H2,(H,26,27,29)/b10-9+/t21-,22+/m0/s1. The molecular formula is C25H25N3O2. The number of carbonyl (C=O) groups is 2. The summed E-state index contributed by atoms with van der Waals surface area (Å²) in [6.45, 7) is 1.60. The molecule has 2 aliphatic heterocycles. The lowest BCUT2D eigenvalue weighted by Gasteiger charge is -2.15. The Bertz CT molecular complexity index is 1040. The zero-order valence-corrected chi connectivity index (χ0v) is 16.9. The van der Waals surface area contributed by atoms with Gasteiger partial charge in [0.1, 0.15) is 5.82 Å². The number of allylic oxidation sites excluding steroid dienone is 1. The lowest BCUT2D eigenvalue weighted by atomic mass is 9.98. The summed E-state index contributed by atoms with van der Waals surface area (Å²) in [5.74, 6) is 1.70. The molecule has 0 radical (unpaired) electrons. The number of anilines is 1. The van der Waals surface area contributed by atoms with Crippen LogP contribution in [-0.4, -0.2) is 34.8 Å². The Labute approximate surface area is 176 Å². The predicted molar refractivity (Wildman–Crippen MR) is 117 cm³/mol. The van der Waals surface area contributed by atoms with Crippen molar-refractivity contribution in [1.82, 2.24) is 9.88 Å². The topological polar surface area (TPSA) is 62.3 Å². The summed E-state index contributed by atoms with van der Waals surface area (Å²) < 4.78 is 0. The van der Waals surface area contributed by atoms with Gasteiger partial charge in [-0.2, -0.15) is 0 Å². The minimum Gasteiger partial charge on any atom is -0.338 e. The molecule has 3 aliphatic rings. The normalized spacial score (nSPS) is 23.0. The summed E-state index contributed by atoms with van der Waals surface area (Å²) in [6.07, 6.45) is 10.8. The van der Waals surface area contributed by atoms with E-state index in [0.29, 0.717) is 24.1 Å². The van der Waals surface area contributed by atoms with Gasteiger partial charge >= 0.3 is 0 Å². The molecular weight excluding hydrogens is 374 g/mol. The van der Waals surface area contributed by atoms with Crippen LogP contribution in [0.25, 0.3) is 11.6 Å². The summed E-state index contributed by atoms with van der Waals surface area (Å²) in [5.41, 5.74) is 4.64. The number of fused-ring (bicyclic) bond motifs is 2. The van der Waals surface area contributed by atoms with Gasteiger partial charge in [0.2, 0.25) is 11.8 Å². The van der Waals surface area contributed by atoms with Gasteiger partial charge in [-0.3, -0.25) is 9.59 Å². The summed E-state index contributed by atoms with van der Waals surface area (Å²) in [7, 11) is 0. The van der Waals surface area contributed by atoms with Gasteiger partial charge in [0.05, 0.1) is 0 Å². The molecule has 1 saturated heterocycles. The van der Waals surface area contributed by atoms with Gasteiger partial charge in [0, 0.05) is 31.8 Å². The van der Waals surface area contributed by atoms with E-state index in [-0.39, 0.29) is 11.8 Å². The van der Waals surface area contributed by atoms with Crippen molar-refractivity contribution >= 4 is 29.3 Å². The molecule has 0 bridgehead atoms. The van der Waals surface area contributed by atoms with Gasteiger partial charge in [-0.25, -0.2) is 4.98 Å². The number of benzene rings is 1. The maximum Gasteiger partial charge on any atom is 0.246 e. The van der Waals surface area contributed by atoms with Crippen molar-refractivity contribution < 1.29 is 9.59 Å². The van der Waals surface area contributed by atoms with Crippen LogP contribution in [0, 0.1) is 11.8 Å². The Morgan fingerprint density at radius 2 is 2.03 bits per heavy atom. The first-order chi connectivity index (χ1) is 14.7. The Morgan fingerprint density at radius 3 is 2.87 bits per heavy atom. The van der Waals surface area contributed by atoms with Gasteiger partial charge in [-0.05, 0) is 65.5 Å². The summed E-state index contributed by atoms with van der Waals surface area (Å²) in [4.78, 5) is 30.7. The Balaban J connectivity index is 1.23. The highest BCUT2D eigenvalue weighted by Crippen LogP contribution is 2.40. The van der Waals surface area contributed by atoms with E-state index in [2.05, 4.69) is 40.6 Å². The molecule has 3 heterocycles. The van der Waals surface area contributed by atoms with Crippen molar-refractivity contribution in [2.24, 2.45) is 11.8 Å². The van der Waals surface area contributed by atoms with Crippen LogP contribution in [0.3, 0.4) is 0 Å². The Morgan fingerprint density at radius 1 is 1.17 bits per heavy atom. The van der Waals surface area contributed by atoms with Gasteiger partial charge in [-0.1, -0.05) is 36.4 Å². The number of amides is 2. The molecule has 1 aliphatic carbocycles. The fraction of sp³-hybridized carbons (Fsp3) is 0.320. The molecule has 5 rings (SSSR count). The molecule has 30 heavy (non-hydrogen) atoms. The number of aryl methyl sites for hydroxylation is 1. The third-order valence-electron chi connectivity index (χ3n) is 6.36. The van der Waals surface area contributed by atoms with E-state index in [1.807, 2.05) is 23.1 Å². The maximum absolute atomic E-state index is 12.7. The van der Waals surface area contributed by atoms with E-state index in [0.717, 1.165) is 43.5 Å². The second-order valence-corrected chi connectivity index (χ2v) is 8.44. The van der Waals surface area contributed by atoms with E-state index in [4.69, 9.17) is 0 Å². The number of nitrogens with zero attached hydrogens (tertiary/aromatic N) is 2. The van der Waals surface area contributed by atoms with Gasteiger partial charge in [0.25, 0.3) is 0 Å². The highest BCUT2D eigenvalue weighted by molar-refractivity contribution is 5.93. The molecule has 0 spiro atoms. The number of likely N-dealkylation sites (tertiary alicyclic amines) is 1. The van der Waals surface area contributed by atoms with Crippen molar-refractivity contribution in [3.63, 3.8) is 0 Å². The van der Waals surface area contributed by atoms with Crippen molar-refractivity contribution in [3.8, 4) is 0 Å². The summed E-state index contributed by atoms with van der Waals surface area (Å²) >= 11 is 0. The zero-order valence-electron chi connectivity index (χ0n) is 16.9. The molecule has 1 aromatic carbocycles. The third kappa shape index (κ3) is 3.80. The van der Waals surface area contributed by atoms with Crippen molar-refractivity contribution in [3.05, 3.63) is 71.4 Å². The van der Waals surface area contributed by atoms with E-state index >= 15 is 0 Å². The first-order valence-corrected chi connectivity index (χ1v) is 10.7. The number of hydrogen-bond acceptors (Lipinski definition) is 3. The number of aromatic nitrogens is 1. The van der Waals surface area contributed by atoms with Gasteiger partial charge < -0.3 is 10.2 Å². The quantitative estimate of drug-likeness (QED) is 0.796. The Kier molecular flexibility index (Phi) is 4.95. The smallest absolute Gasteiger partial charge is 0.246 e. The molecule has 2 atom stereocenters. The van der Waals surface area contributed by atoms with Crippen molar-refractivity contribution in [2.75, 3.05) is 18.4 Å². The average Bonchev–Trinajstić information content (AvgIpc) is 3.28. The van der Waals surface area contributed by atoms with Gasteiger partial charge in [-0.15, -0.1) is 0 Å². The van der Waals surface area contributed by atoms with Crippen LogP contribution in [0.15, 0.2) is 54.7 Å². The fourth-order valence-corrected chi connectivity index (χ4v) is 4.79. The predicted octanol–water partition coefficient (Wildman–Crippen LogP) is 3.93. The first kappa shape index (κ1) is 18.8. The lowest BCUT2D eigenvalue weighted by Crippen LogP contribution is -2.27. The lowest BCUT2D eigenvalue weighted by molar-refractivity contribution is -0.125. The minimum absolute atomic E-state index is 0.0174. The molecule has 5 nitrogen and oxygen atoms in total. The number of carbonyl (C=O) groups excluding carboxylic acids is 2. The molecule has 152 valence electrons. The van der Waals surface area contributed by atoms with E-state index < -0.39 is 0 Å². The average molecular weight is 399 g/mol. The second-order valence-electron chi connectivity index (χ2n) is 8.44. The van der Waals surface area contributed by atoms with Crippen LogP contribution in [0.1, 0.15) is 36.0 Å². The SMILES string of the molecule is O=C1CCCc2cc(/C=C/C(=O)N3C[C@H]4CC(c5ccccc5)=C[C@H]4C3)cnc2N1. The van der Waals surface area contributed by atoms with Crippen LogP contribution < -0.4 is 5.32 Å². The number of nitrogens with one attached hydrogen (secondary N) is 1. The number of hydrogen-bond donors (Lipinski definition) is 1. The minimum atomic E-state index is 0.0174. The highest BCUT2D eigenvalue weighted by atomic mass is 16.2. The largest absolute Gasteiger partial charge is 0.338 e. The number of pyridine rings is 1. The summed E-state index contributed by atoms with van der Waals surface area (Å²) in [6, 6.07) is 12.6.